The Balaban J connectivity index is 2.87. The highest BCUT2D eigenvalue weighted by Crippen LogP contribution is 1.98. The summed E-state index contributed by atoms with van der Waals surface area (Å²) in [5.74, 6) is -0.892. The second-order valence-electron chi connectivity index (χ2n) is 3.07. The molecule has 1 heterocycles. The highest BCUT2D eigenvalue weighted by molar-refractivity contribution is 5.79. The number of carboxylic acids is 1. The summed E-state index contributed by atoms with van der Waals surface area (Å²) in [5, 5.41) is 10.7. The average molecular weight is 182 g/mol. The molecule has 1 rings (SSSR count). The molecule has 0 saturated heterocycles. The highest BCUT2D eigenvalue weighted by Gasteiger charge is 2.14. The van der Waals surface area contributed by atoms with Crippen molar-refractivity contribution < 1.29 is 14.5 Å². The van der Waals surface area contributed by atoms with Crippen LogP contribution in [0.3, 0.4) is 0 Å². The summed E-state index contributed by atoms with van der Waals surface area (Å²) < 4.78 is 3.27. The van der Waals surface area contributed by atoms with Gasteiger partial charge in [0.1, 0.15) is 12.4 Å². The molecule has 13 heavy (non-hydrogen) atoms. The lowest BCUT2D eigenvalue weighted by Gasteiger charge is -2.01. The van der Waals surface area contributed by atoms with Crippen molar-refractivity contribution in [2.75, 3.05) is 0 Å². The highest BCUT2D eigenvalue weighted by atomic mass is 16.4. The molecular formula is C9H14N2O2. The summed E-state index contributed by atoms with van der Waals surface area (Å²) in [6.45, 7) is 2.81. The number of nitrogens with zero attached hydrogens (tertiary/aromatic N) is 2. The molecule has 0 fully saturated rings. The number of carbonyl (C=O) groups excluding carboxylic acids is 1. The summed E-state index contributed by atoms with van der Waals surface area (Å²) in [6, 6.07) is 0. The summed E-state index contributed by atoms with van der Waals surface area (Å²) in [5.41, 5.74) is 0. The molecule has 0 spiro atoms. The Bertz CT molecular complexity index is 305. The average Bonchev–Trinajstić information content (AvgIpc) is 2.43. The van der Waals surface area contributed by atoms with Crippen LogP contribution in [-0.4, -0.2) is 10.5 Å². The predicted molar refractivity (Wildman–Crippen MR) is 44.8 cm³/mol. The molecule has 0 saturated carbocycles. The molecule has 0 aromatic carbocycles. The van der Waals surface area contributed by atoms with Gasteiger partial charge < -0.3 is 9.90 Å². The van der Waals surface area contributed by atoms with Crippen LogP contribution in [-0.2, 0) is 13.6 Å². The molecule has 0 aliphatic carbocycles. The predicted octanol–water partition coefficient (Wildman–Crippen LogP) is -0.524. The fourth-order valence-electron chi connectivity index (χ4n) is 1.29. The van der Waals surface area contributed by atoms with Crippen LogP contribution in [0.15, 0.2) is 12.4 Å². The van der Waals surface area contributed by atoms with E-state index >= 15 is 0 Å². The van der Waals surface area contributed by atoms with Gasteiger partial charge in [-0.1, -0.05) is 13.3 Å². The van der Waals surface area contributed by atoms with Crippen molar-refractivity contribution in [3.05, 3.63) is 18.2 Å². The Labute approximate surface area is 77.4 Å². The van der Waals surface area contributed by atoms with E-state index in [0.717, 1.165) is 19.4 Å². The van der Waals surface area contributed by atoms with Gasteiger partial charge in [-0.3, -0.25) is 0 Å². The van der Waals surface area contributed by atoms with E-state index in [2.05, 4.69) is 6.92 Å². The van der Waals surface area contributed by atoms with E-state index < -0.39 is 5.97 Å². The first kappa shape index (κ1) is 9.77. The molecule has 0 unspecified atom stereocenters. The summed E-state index contributed by atoms with van der Waals surface area (Å²) >= 11 is 0. The zero-order chi connectivity index (χ0) is 9.84. The molecule has 0 N–H and O–H groups in total. The van der Waals surface area contributed by atoms with Crippen LogP contribution in [0.25, 0.3) is 0 Å². The van der Waals surface area contributed by atoms with Gasteiger partial charge in [0.2, 0.25) is 0 Å². The van der Waals surface area contributed by atoms with Gasteiger partial charge in [-0.25, -0.2) is 9.13 Å². The Morgan fingerprint density at radius 1 is 1.69 bits per heavy atom. The topological polar surface area (TPSA) is 48.9 Å². The number of aromatic carboxylic acids is 1. The summed E-state index contributed by atoms with van der Waals surface area (Å²) in [4.78, 5) is 10.7. The minimum absolute atomic E-state index is 0.230. The van der Waals surface area contributed by atoms with Crippen molar-refractivity contribution >= 4 is 5.97 Å². The third-order valence-corrected chi connectivity index (χ3v) is 2.01. The van der Waals surface area contributed by atoms with E-state index in [1.807, 2.05) is 0 Å². The number of imidazole rings is 1. The molecule has 0 amide bonds. The first-order valence-corrected chi connectivity index (χ1v) is 4.43. The van der Waals surface area contributed by atoms with E-state index in [-0.39, 0.29) is 5.82 Å². The largest absolute Gasteiger partial charge is 0.538 e. The van der Waals surface area contributed by atoms with E-state index in [4.69, 9.17) is 0 Å². The second kappa shape index (κ2) is 4.07. The Kier molecular flexibility index (Phi) is 3.06. The number of hydrogen-bond donors (Lipinski definition) is 0. The second-order valence-corrected chi connectivity index (χ2v) is 3.07. The maximum atomic E-state index is 10.7. The lowest BCUT2D eigenvalue weighted by molar-refractivity contribution is -0.675. The number of carbonyl (C=O) groups is 1. The molecular weight excluding hydrogens is 168 g/mol. The fraction of sp³-hybridized carbons (Fsp3) is 0.556. The Morgan fingerprint density at radius 2 is 2.38 bits per heavy atom. The molecule has 0 aliphatic rings. The van der Waals surface area contributed by atoms with Crippen molar-refractivity contribution in [3.8, 4) is 0 Å². The van der Waals surface area contributed by atoms with E-state index in [9.17, 15) is 9.90 Å². The van der Waals surface area contributed by atoms with Crippen LogP contribution in [0.1, 0.15) is 30.4 Å². The summed E-state index contributed by atoms with van der Waals surface area (Å²) in [6.07, 6.45) is 5.52. The van der Waals surface area contributed by atoms with Gasteiger partial charge in [-0.2, -0.15) is 0 Å². The van der Waals surface area contributed by atoms with Crippen LogP contribution in [0, 0.1) is 0 Å². The standard InChI is InChI=1S/C9H14N2O2/c1-3-4-5-11-7-6-10(2)8(11)9(12)13/h6-7H,3-5H2,1-2H3. The van der Waals surface area contributed by atoms with Gasteiger partial charge in [0.05, 0.1) is 13.6 Å². The van der Waals surface area contributed by atoms with E-state index in [1.54, 1.807) is 28.6 Å². The first-order chi connectivity index (χ1) is 6.16. The van der Waals surface area contributed by atoms with Crippen molar-refractivity contribution in [1.82, 2.24) is 4.57 Å². The molecule has 72 valence electrons. The molecule has 0 atom stereocenters. The van der Waals surface area contributed by atoms with Crippen molar-refractivity contribution in [3.63, 3.8) is 0 Å². The zero-order valence-electron chi connectivity index (χ0n) is 7.99. The molecule has 4 nitrogen and oxygen atoms in total. The van der Waals surface area contributed by atoms with Crippen molar-refractivity contribution in [2.45, 2.75) is 26.3 Å². The first-order valence-electron chi connectivity index (χ1n) is 4.43. The van der Waals surface area contributed by atoms with Gasteiger partial charge in [-0.15, -0.1) is 0 Å². The Hall–Kier alpha value is -1.32. The molecule has 0 aliphatic heterocycles. The molecule has 1 aromatic rings. The van der Waals surface area contributed by atoms with Crippen LogP contribution in [0.5, 0.6) is 0 Å². The van der Waals surface area contributed by atoms with Crippen molar-refractivity contribution in [2.24, 2.45) is 7.05 Å². The maximum Gasteiger partial charge on any atom is 0.304 e. The van der Waals surface area contributed by atoms with Crippen LogP contribution in [0.2, 0.25) is 0 Å². The minimum atomic E-state index is -1.12. The van der Waals surface area contributed by atoms with Gasteiger partial charge in [0.25, 0.3) is 0 Å². The number of aromatic nitrogens is 2. The van der Waals surface area contributed by atoms with Gasteiger partial charge >= 0.3 is 5.82 Å². The SMILES string of the molecule is CCCCn1cc[n+](C)c1C(=O)[O-]. The minimum Gasteiger partial charge on any atom is -0.538 e. The number of carboxylic acid groups (broad SMARTS) is 1. The normalized spacial score (nSPS) is 10.3. The fourth-order valence-corrected chi connectivity index (χ4v) is 1.29. The quantitative estimate of drug-likeness (QED) is 0.588. The van der Waals surface area contributed by atoms with Gasteiger partial charge in [0, 0.05) is 0 Å². The van der Waals surface area contributed by atoms with Crippen LogP contribution in [0.4, 0.5) is 0 Å². The Morgan fingerprint density at radius 3 is 2.92 bits per heavy atom. The van der Waals surface area contributed by atoms with Crippen LogP contribution >= 0.6 is 0 Å². The number of rotatable bonds is 4. The third-order valence-electron chi connectivity index (χ3n) is 2.01. The van der Waals surface area contributed by atoms with Crippen LogP contribution < -0.4 is 9.67 Å². The monoisotopic (exact) mass is 182 g/mol. The van der Waals surface area contributed by atoms with E-state index in [1.165, 1.54) is 0 Å². The molecule has 0 bridgehead atoms. The zero-order valence-corrected chi connectivity index (χ0v) is 7.99. The summed E-state index contributed by atoms with van der Waals surface area (Å²) in [7, 11) is 1.70. The molecule has 0 radical (unpaired) electrons. The van der Waals surface area contributed by atoms with Gasteiger partial charge in [-0.05, 0) is 6.42 Å². The molecule has 1 aromatic heterocycles. The smallest absolute Gasteiger partial charge is 0.304 e. The van der Waals surface area contributed by atoms with Crippen molar-refractivity contribution in [1.29, 1.82) is 0 Å². The third kappa shape index (κ3) is 2.08. The number of unbranched alkanes of at least 4 members (excludes halogenated alkanes) is 1. The number of hydrogen-bond acceptors (Lipinski definition) is 2. The van der Waals surface area contributed by atoms with Gasteiger partial charge in [0.15, 0.2) is 5.97 Å². The lowest BCUT2D eigenvalue weighted by atomic mass is 10.3. The molecule has 4 heteroatoms. The number of aryl methyl sites for hydroxylation is 2. The lowest BCUT2D eigenvalue weighted by Crippen LogP contribution is -2.41. The van der Waals surface area contributed by atoms with E-state index in [0.29, 0.717) is 0 Å². The maximum absolute atomic E-state index is 10.7.